The quantitative estimate of drug-likeness (QED) is 0.848. The van der Waals surface area contributed by atoms with Gasteiger partial charge >= 0.3 is 0 Å². The van der Waals surface area contributed by atoms with Crippen molar-refractivity contribution in [2.24, 2.45) is 5.73 Å². The summed E-state index contributed by atoms with van der Waals surface area (Å²) in [7, 11) is 1.95. The average molecular weight is 254 g/mol. The van der Waals surface area contributed by atoms with Crippen LogP contribution in [0.25, 0.3) is 0 Å². The van der Waals surface area contributed by atoms with Gasteiger partial charge in [0.2, 0.25) is 0 Å². The lowest BCUT2D eigenvalue weighted by molar-refractivity contribution is 0.321. The van der Waals surface area contributed by atoms with Crippen LogP contribution in [0.4, 0.5) is 10.1 Å². The summed E-state index contributed by atoms with van der Waals surface area (Å²) in [6.07, 6.45) is 0.846. The number of nitrogens with two attached hydrogens (primary N) is 1. The minimum absolute atomic E-state index is 0.103. The van der Waals surface area contributed by atoms with Crippen molar-refractivity contribution in [3.8, 4) is 5.75 Å². The number of benzene rings is 1. The molecule has 0 saturated carbocycles. The smallest absolute Gasteiger partial charge is 0.167 e. The summed E-state index contributed by atoms with van der Waals surface area (Å²) in [5.74, 6) is -0.0315. The highest BCUT2D eigenvalue weighted by Crippen LogP contribution is 2.28. The van der Waals surface area contributed by atoms with Gasteiger partial charge in [0.05, 0.1) is 6.61 Å². The molecule has 0 fully saturated rings. The van der Waals surface area contributed by atoms with Crippen LogP contribution >= 0.6 is 0 Å². The molecule has 1 aromatic carbocycles. The zero-order valence-electron chi connectivity index (χ0n) is 11.7. The second-order valence-electron chi connectivity index (χ2n) is 4.96. The maximum atomic E-state index is 13.8. The minimum atomic E-state index is -0.329. The molecule has 18 heavy (non-hydrogen) atoms. The molecule has 0 aromatic heterocycles. The van der Waals surface area contributed by atoms with Crippen LogP contribution in [0.15, 0.2) is 18.2 Å². The lowest BCUT2D eigenvalue weighted by atomic mass is 9.98. The Balaban J connectivity index is 2.93. The van der Waals surface area contributed by atoms with Crippen molar-refractivity contribution >= 4 is 5.69 Å². The molecule has 0 saturated heterocycles. The topological polar surface area (TPSA) is 38.5 Å². The molecule has 0 spiro atoms. The molecule has 0 bridgehead atoms. The third-order valence-corrected chi connectivity index (χ3v) is 3.27. The first kappa shape index (κ1) is 14.8. The standard InChI is InChI=1S/C14H23FN2O/c1-5-18-13-7-6-11(10-12(13)15)17(4)14(2,3)8-9-16/h6-7,10H,5,8-9,16H2,1-4H3. The number of halogens is 1. The monoisotopic (exact) mass is 254 g/mol. The van der Waals surface area contributed by atoms with E-state index in [0.717, 1.165) is 12.1 Å². The molecule has 3 nitrogen and oxygen atoms in total. The molecule has 1 rings (SSSR count). The van der Waals surface area contributed by atoms with E-state index in [9.17, 15) is 4.39 Å². The van der Waals surface area contributed by atoms with Crippen LogP contribution in [-0.2, 0) is 0 Å². The first-order chi connectivity index (χ1) is 8.42. The van der Waals surface area contributed by atoms with E-state index >= 15 is 0 Å². The summed E-state index contributed by atoms with van der Waals surface area (Å²) in [5, 5.41) is 0. The first-order valence-corrected chi connectivity index (χ1v) is 6.28. The van der Waals surface area contributed by atoms with Gasteiger partial charge < -0.3 is 15.4 Å². The Morgan fingerprint density at radius 3 is 2.56 bits per heavy atom. The number of ether oxygens (including phenoxy) is 1. The Morgan fingerprint density at radius 2 is 2.06 bits per heavy atom. The largest absolute Gasteiger partial charge is 0.491 e. The molecule has 4 heteroatoms. The molecule has 0 amide bonds. The van der Waals surface area contributed by atoms with Crippen molar-refractivity contribution in [3.63, 3.8) is 0 Å². The molecular formula is C14H23FN2O. The fourth-order valence-electron chi connectivity index (χ4n) is 1.84. The summed E-state index contributed by atoms with van der Waals surface area (Å²) in [6.45, 7) is 7.09. The van der Waals surface area contributed by atoms with Crippen LogP contribution in [-0.4, -0.2) is 25.7 Å². The van der Waals surface area contributed by atoms with Gasteiger partial charge in [0, 0.05) is 24.3 Å². The van der Waals surface area contributed by atoms with E-state index in [4.69, 9.17) is 10.5 Å². The van der Waals surface area contributed by atoms with Gasteiger partial charge in [0.15, 0.2) is 11.6 Å². The summed E-state index contributed by atoms with van der Waals surface area (Å²) in [4.78, 5) is 2.04. The molecular weight excluding hydrogens is 231 g/mol. The van der Waals surface area contributed by atoms with Gasteiger partial charge in [0.1, 0.15) is 0 Å². The highest BCUT2D eigenvalue weighted by atomic mass is 19.1. The Bertz CT molecular complexity index is 393. The summed E-state index contributed by atoms with van der Waals surface area (Å²) < 4.78 is 19.0. The molecule has 0 aliphatic heterocycles. The van der Waals surface area contributed by atoms with Gasteiger partial charge in [-0.2, -0.15) is 0 Å². The molecule has 1 aromatic rings. The van der Waals surface area contributed by atoms with E-state index in [1.165, 1.54) is 6.07 Å². The van der Waals surface area contributed by atoms with Crippen LogP contribution in [0.1, 0.15) is 27.2 Å². The van der Waals surface area contributed by atoms with Crippen molar-refractivity contribution in [2.75, 3.05) is 25.1 Å². The lowest BCUT2D eigenvalue weighted by Gasteiger charge is -2.37. The van der Waals surface area contributed by atoms with Crippen molar-refractivity contribution in [1.29, 1.82) is 0 Å². The Hall–Kier alpha value is -1.29. The highest BCUT2D eigenvalue weighted by molar-refractivity contribution is 5.51. The van der Waals surface area contributed by atoms with Crippen LogP contribution in [0.3, 0.4) is 0 Å². The van der Waals surface area contributed by atoms with E-state index in [1.54, 1.807) is 6.07 Å². The van der Waals surface area contributed by atoms with Crippen LogP contribution < -0.4 is 15.4 Å². The molecule has 0 aliphatic rings. The fraction of sp³-hybridized carbons (Fsp3) is 0.571. The van der Waals surface area contributed by atoms with Gasteiger partial charge in [0.25, 0.3) is 0 Å². The third kappa shape index (κ3) is 3.35. The van der Waals surface area contributed by atoms with Gasteiger partial charge in [-0.3, -0.25) is 0 Å². The average Bonchev–Trinajstić information content (AvgIpc) is 2.31. The Morgan fingerprint density at radius 1 is 1.39 bits per heavy atom. The summed E-state index contributed by atoms with van der Waals surface area (Å²) in [6, 6.07) is 5.04. The number of rotatable bonds is 6. The molecule has 0 aliphatic carbocycles. The molecule has 0 heterocycles. The molecule has 0 unspecified atom stereocenters. The molecule has 102 valence electrons. The second-order valence-corrected chi connectivity index (χ2v) is 4.96. The maximum absolute atomic E-state index is 13.8. The van der Waals surface area contributed by atoms with E-state index < -0.39 is 0 Å². The Kier molecular flexibility index (Phi) is 4.96. The van der Waals surface area contributed by atoms with Gasteiger partial charge in [-0.05, 0) is 45.9 Å². The number of nitrogens with zero attached hydrogens (tertiary/aromatic N) is 1. The number of hydrogen-bond donors (Lipinski definition) is 1. The minimum Gasteiger partial charge on any atom is -0.491 e. The van der Waals surface area contributed by atoms with Gasteiger partial charge in [-0.15, -0.1) is 0 Å². The maximum Gasteiger partial charge on any atom is 0.167 e. The third-order valence-electron chi connectivity index (χ3n) is 3.27. The van der Waals surface area contributed by atoms with E-state index in [0.29, 0.717) is 18.9 Å². The van der Waals surface area contributed by atoms with Crippen LogP contribution in [0.5, 0.6) is 5.75 Å². The normalized spacial score (nSPS) is 11.4. The highest BCUT2D eigenvalue weighted by Gasteiger charge is 2.23. The van der Waals surface area contributed by atoms with Gasteiger partial charge in [-0.25, -0.2) is 4.39 Å². The molecule has 0 atom stereocenters. The van der Waals surface area contributed by atoms with Crippen molar-refractivity contribution < 1.29 is 9.13 Å². The van der Waals surface area contributed by atoms with E-state index in [1.807, 2.05) is 24.9 Å². The zero-order valence-corrected chi connectivity index (χ0v) is 11.7. The van der Waals surface area contributed by atoms with E-state index in [-0.39, 0.29) is 11.4 Å². The zero-order chi connectivity index (χ0) is 13.8. The fourth-order valence-corrected chi connectivity index (χ4v) is 1.84. The van der Waals surface area contributed by atoms with Crippen LogP contribution in [0.2, 0.25) is 0 Å². The first-order valence-electron chi connectivity index (χ1n) is 6.28. The number of hydrogen-bond acceptors (Lipinski definition) is 3. The SMILES string of the molecule is CCOc1ccc(N(C)C(C)(C)CCN)cc1F. The lowest BCUT2D eigenvalue weighted by Crippen LogP contribution is -2.42. The summed E-state index contributed by atoms with van der Waals surface area (Å²) in [5.41, 5.74) is 6.33. The van der Waals surface area contributed by atoms with E-state index in [2.05, 4.69) is 13.8 Å². The number of anilines is 1. The van der Waals surface area contributed by atoms with Crippen molar-refractivity contribution in [3.05, 3.63) is 24.0 Å². The van der Waals surface area contributed by atoms with Crippen LogP contribution in [0, 0.1) is 5.82 Å². The summed E-state index contributed by atoms with van der Waals surface area (Å²) >= 11 is 0. The predicted molar refractivity (Wildman–Crippen MR) is 73.7 cm³/mol. The molecule has 0 radical (unpaired) electrons. The van der Waals surface area contributed by atoms with Gasteiger partial charge in [-0.1, -0.05) is 0 Å². The van der Waals surface area contributed by atoms with Crippen molar-refractivity contribution in [2.45, 2.75) is 32.7 Å². The predicted octanol–water partition coefficient (Wildman–Crippen LogP) is 2.79. The second kappa shape index (κ2) is 6.05. The van der Waals surface area contributed by atoms with Crippen molar-refractivity contribution in [1.82, 2.24) is 0 Å². The Labute approximate surface area is 109 Å². The molecule has 2 N–H and O–H groups in total.